The topological polar surface area (TPSA) is 93.5 Å². The van der Waals surface area contributed by atoms with Crippen molar-refractivity contribution in [3.63, 3.8) is 0 Å². The van der Waals surface area contributed by atoms with Crippen LogP contribution in [0.5, 0.6) is 5.75 Å². The summed E-state index contributed by atoms with van der Waals surface area (Å²) in [4.78, 5) is 22.5. The molecule has 1 amide bonds. The number of nitrogens with zero attached hydrogens (tertiary/aromatic N) is 1. The minimum atomic E-state index is -0.532. The number of methoxy groups -OCH3 is 1. The van der Waals surface area contributed by atoms with Crippen molar-refractivity contribution in [3.8, 4) is 5.75 Å². The Morgan fingerprint density at radius 3 is 2.91 bits per heavy atom. The number of nitro groups is 1. The lowest BCUT2D eigenvalue weighted by atomic mass is 9.83. The molecule has 0 saturated carbocycles. The van der Waals surface area contributed by atoms with Crippen LogP contribution in [0.2, 0.25) is 0 Å². The monoisotopic (exact) mass is 307 g/mol. The van der Waals surface area contributed by atoms with Gasteiger partial charge in [0.1, 0.15) is 0 Å². The number of nitrogens with one attached hydrogen (secondary N) is 2. The number of carbonyl (C=O) groups excluding carboxylic acids is 1. The molecule has 2 N–H and O–H groups in total. The predicted molar refractivity (Wildman–Crippen MR) is 82.2 cm³/mol. The molecule has 0 spiro atoms. The van der Waals surface area contributed by atoms with E-state index < -0.39 is 4.92 Å². The molecular formula is C15H21N3O4. The Bertz CT molecular complexity index is 568. The molecule has 7 nitrogen and oxygen atoms in total. The fourth-order valence-electron chi connectivity index (χ4n) is 2.64. The Balaban J connectivity index is 2.04. The van der Waals surface area contributed by atoms with E-state index in [-0.39, 0.29) is 22.8 Å². The van der Waals surface area contributed by atoms with Gasteiger partial charge in [-0.25, -0.2) is 0 Å². The third-order valence-electron chi connectivity index (χ3n) is 4.00. The molecule has 1 fully saturated rings. The van der Waals surface area contributed by atoms with Crippen LogP contribution in [-0.4, -0.2) is 37.6 Å². The summed E-state index contributed by atoms with van der Waals surface area (Å²) in [6, 6.07) is 4.13. The van der Waals surface area contributed by atoms with Crippen molar-refractivity contribution < 1.29 is 14.5 Å². The molecule has 1 aliphatic rings. The molecule has 7 heteroatoms. The van der Waals surface area contributed by atoms with Gasteiger partial charge in [0.15, 0.2) is 5.75 Å². The number of hydrogen-bond acceptors (Lipinski definition) is 5. The lowest BCUT2D eigenvalue weighted by Crippen LogP contribution is -2.45. The number of nitro benzene ring substituents is 1. The van der Waals surface area contributed by atoms with Crippen LogP contribution in [0, 0.1) is 15.5 Å². The first-order chi connectivity index (χ1) is 10.4. The summed E-state index contributed by atoms with van der Waals surface area (Å²) < 4.78 is 4.98. The smallest absolute Gasteiger partial charge is 0.310 e. The molecule has 0 radical (unpaired) electrons. The highest BCUT2D eigenvalue weighted by atomic mass is 16.6. The second-order valence-corrected chi connectivity index (χ2v) is 5.92. The highest BCUT2D eigenvalue weighted by Crippen LogP contribution is 2.28. The van der Waals surface area contributed by atoms with E-state index in [2.05, 4.69) is 17.6 Å². The summed E-state index contributed by atoms with van der Waals surface area (Å²) in [5, 5.41) is 17.1. The van der Waals surface area contributed by atoms with Gasteiger partial charge in [0.25, 0.3) is 5.91 Å². The molecule has 0 aromatic heterocycles. The average molecular weight is 307 g/mol. The molecule has 0 bridgehead atoms. The molecule has 1 heterocycles. The summed E-state index contributed by atoms with van der Waals surface area (Å²) in [5.74, 6) is -0.164. The Hall–Kier alpha value is -2.15. The van der Waals surface area contributed by atoms with Crippen molar-refractivity contribution >= 4 is 11.6 Å². The maximum atomic E-state index is 12.2. The van der Waals surface area contributed by atoms with E-state index in [1.165, 1.54) is 25.3 Å². The number of amides is 1. The number of benzene rings is 1. The van der Waals surface area contributed by atoms with E-state index in [4.69, 9.17) is 4.74 Å². The molecule has 1 aromatic rings. The van der Waals surface area contributed by atoms with Gasteiger partial charge in [-0.05, 0) is 30.9 Å². The van der Waals surface area contributed by atoms with Gasteiger partial charge < -0.3 is 15.4 Å². The summed E-state index contributed by atoms with van der Waals surface area (Å²) in [6.45, 7) is 4.59. The zero-order chi connectivity index (χ0) is 16.2. The second-order valence-electron chi connectivity index (χ2n) is 5.92. The van der Waals surface area contributed by atoms with Crippen molar-refractivity contribution in [3.05, 3.63) is 33.9 Å². The molecule has 1 saturated heterocycles. The summed E-state index contributed by atoms with van der Waals surface area (Å²) >= 11 is 0. The van der Waals surface area contributed by atoms with E-state index in [0.717, 1.165) is 25.9 Å². The third kappa shape index (κ3) is 3.73. The number of carbonyl (C=O) groups is 1. The normalized spacial score (nSPS) is 21.2. The SMILES string of the molecule is COc1cc(C(=O)NCC2(C)CCCNC2)ccc1[N+](=O)[O-]. The van der Waals surface area contributed by atoms with Crippen LogP contribution in [0.15, 0.2) is 18.2 Å². The molecule has 22 heavy (non-hydrogen) atoms. The fourth-order valence-corrected chi connectivity index (χ4v) is 2.64. The van der Waals surface area contributed by atoms with Gasteiger partial charge in [-0.2, -0.15) is 0 Å². The molecular weight excluding hydrogens is 286 g/mol. The van der Waals surface area contributed by atoms with Gasteiger partial charge in [-0.15, -0.1) is 0 Å². The zero-order valence-corrected chi connectivity index (χ0v) is 12.8. The molecule has 1 atom stereocenters. The third-order valence-corrected chi connectivity index (χ3v) is 4.00. The molecule has 1 aliphatic heterocycles. The molecule has 0 aliphatic carbocycles. The van der Waals surface area contributed by atoms with Crippen LogP contribution in [0.1, 0.15) is 30.1 Å². The van der Waals surface area contributed by atoms with Crippen molar-refractivity contribution in [1.29, 1.82) is 0 Å². The minimum Gasteiger partial charge on any atom is -0.490 e. The van der Waals surface area contributed by atoms with Crippen LogP contribution < -0.4 is 15.4 Å². The van der Waals surface area contributed by atoms with Crippen molar-refractivity contribution in [2.24, 2.45) is 5.41 Å². The Morgan fingerprint density at radius 1 is 1.55 bits per heavy atom. The van der Waals surface area contributed by atoms with Crippen LogP contribution >= 0.6 is 0 Å². The van der Waals surface area contributed by atoms with Crippen LogP contribution in [0.3, 0.4) is 0 Å². The predicted octanol–water partition coefficient (Wildman–Crippen LogP) is 1.72. The average Bonchev–Trinajstić information content (AvgIpc) is 2.52. The fraction of sp³-hybridized carbons (Fsp3) is 0.533. The van der Waals surface area contributed by atoms with E-state index in [0.29, 0.717) is 12.1 Å². The van der Waals surface area contributed by atoms with Crippen molar-refractivity contribution in [2.75, 3.05) is 26.7 Å². The lowest BCUT2D eigenvalue weighted by molar-refractivity contribution is -0.385. The minimum absolute atomic E-state index is 0.0404. The van der Waals surface area contributed by atoms with Crippen LogP contribution in [0.25, 0.3) is 0 Å². The van der Waals surface area contributed by atoms with Gasteiger partial charge in [0, 0.05) is 30.8 Å². The summed E-state index contributed by atoms with van der Waals surface area (Å²) in [5.41, 5.74) is 0.246. The maximum Gasteiger partial charge on any atom is 0.310 e. The summed E-state index contributed by atoms with van der Waals surface area (Å²) in [6.07, 6.45) is 2.15. The molecule has 1 aromatic carbocycles. The number of hydrogen-bond donors (Lipinski definition) is 2. The maximum absolute atomic E-state index is 12.2. The first-order valence-electron chi connectivity index (χ1n) is 7.26. The Labute approximate surface area is 129 Å². The number of ether oxygens (including phenoxy) is 1. The van der Waals surface area contributed by atoms with Gasteiger partial charge in [-0.1, -0.05) is 6.92 Å². The van der Waals surface area contributed by atoms with Crippen molar-refractivity contribution in [1.82, 2.24) is 10.6 Å². The van der Waals surface area contributed by atoms with E-state index >= 15 is 0 Å². The molecule has 2 rings (SSSR count). The largest absolute Gasteiger partial charge is 0.490 e. The molecule has 1 unspecified atom stereocenters. The Kier molecular flexibility index (Phi) is 4.97. The van der Waals surface area contributed by atoms with E-state index in [1.54, 1.807) is 0 Å². The lowest BCUT2D eigenvalue weighted by Gasteiger charge is -2.34. The van der Waals surface area contributed by atoms with E-state index in [1.807, 2.05) is 0 Å². The van der Waals surface area contributed by atoms with Gasteiger partial charge >= 0.3 is 5.69 Å². The summed E-state index contributed by atoms with van der Waals surface area (Å²) in [7, 11) is 1.35. The van der Waals surface area contributed by atoms with Crippen LogP contribution in [0.4, 0.5) is 5.69 Å². The zero-order valence-electron chi connectivity index (χ0n) is 12.8. The number of piperidine rings is 1. The van der Waals surface area contributed by atoms with Gasteiger partial charge in [0.2, 0.25) is 0 Å². The first-order valence-corrected chi connectivity index (χ1v) is 7.26. The quantitative estimate of drug-likeness (QED) is 0.638. The van der Waals surface area contributed by atoms with E-state index in [9.17, 15) is 14.9 Å². The van der Waals surface area contributed by atoms with Crippen molar-refractivity contribution in [2.45, 2.75) is 19.8 Å². The first kappa shape index (κ1) is 16.2. The van der Waals surface area contributed by atoms with Gasteiger partial charge in [-0.3, -0.25) is 14.9 Å². The second kappa shape index (κ2) is 6.74. The Morgan fingerprint density at radius 2 is 2.32 bits per heavy atom. The van der Waals surface area contributed by atoms with Gasteiger partial charge in [0.05, 0.1) is 12.0 Å². The number of rotatable bonds is 5. The van der Waals surface area contributed by atoms with Crippen LogP contribution in [-0.2, 0) is 0 Å². The molecule has 120 valence electrons. The highest BCUT2D eigenvalue weighted by molar-refractivity contribution is 5.95. The highest BCUT2D eigenvalue weighted by Gasteiger charge is 2.27. The standard InChI is InChI=1S/C15H21N3O4/c1-15(6-3-7-16-9-15)10-17-14(19)11-4-5-12(18(20)21)13(8-11)22-2/h4-5,8,16H,3,6-7,9-10H2,1-2H3,(H,17,19).